The third-order valence-corrected chi connectivity index (χ3v) is 4.90. The summed E-state index contributed by atoms with van der Waals surface area (Å²) in [6.07, 6.45) is 1.86. The maximum atomic E-state index is 12.3. The molecule has 2 aliphatic heterocycles. The Labute approximate surface area is 141 Å². The van der Waals surface area contributed by atoms with Gasteiger partial charge in [0.05, 0.1) is 17.8 Å². The average Bonchev–Trinajstić information content (AvgIpc) is 3.21. The second kappa shape index (κ2) is 5.76. The van der Waals surface area contributed by atoms with Crippen molar-refractivity contribution in [3.63, 3.8) is 0 Å². The maximum absolute atomic E-state index is 12.3. The van der Waals surface area contributed by atoms with Crippen molar-refractivity contribution in [2.45, 2.75) is 13.5 Å². The smallest absolute Gasteiger partial charge is 0.258 e. The Morgan fingerprint density at radius 2 is 2.25 bits per heavy atom. The fourth-order valence-electron chi connectivity index (χ4n) is 2.71. The van der Waals surface area contributed by atoms with Crippen molar-refractivity contribution in [3.05, 3.63) is 63.3 Å². The number of thioether (sulfide) groups is 1. The van der Waals surface area contributed by atoms with Crippen molar-refractivity contribution >= 4 is 28.5 Å². The van der Waals surface area contributed by atoms with Crippen LogP contribution in [0.5, 0.6) is 0 Å². The van der Waals surface area contributed by atoms with E-state index in [0.29, 0.717) is 22.4 Å². The van der Waals surface area contributed by atoms with Crippen molar-refractivity contribution in [3.8, 4) is 0 Å². The Bertz CT molecular complexity index is 1010. The second-order valence-electron chi connectivity index (χ2n) is 5.58. The van der Waals surface area contributed by atoms with Gasteiger partial charge in [-0.15, -0.1) is 11.8 Å². The van der Waals surface area contributed by atoms with Gasteiger partial charge in [-0.2, -0.15) is 0 Å². The SMILES string of the molecule is Cc1cc(CNC(=O)c2ccc3c(c2)=NC(=O)C2C=CSC=32)no1. The number of carbonyl (C=O) groups excluding carboxylic acids is 2. The van der Waals surface area contributed by atoms with Crippen molar-refractivity contribution < 1.29 is 14.1 Å². The van der Waals surface area contributed by atoms with Crippen LogP contribution in [0.2, 0.25) is 0 Å². The minimum atomic E-state index is -0.266. The van der Waals surface area contributed by atoms with E-state index < -0.39 is 0 Å². The fraction of sp³-hybridized carbons (Fsp3) is 0.176. The fourth-order valence-corrected chi connectivity index (χ4v) is 3.72. The first kappa shape index (κ1) is 14.9. The Hall–Kier alpha value is -2.67. The number of hydrogen-bond donors (Lipinski definition) is 1. The van der Waals surface area contributed by atoms with Crippen molar-refractivity contribution in [1.82, 2.24) is 10.5 Å². The van der Waals surface area contributed by atoms with Crippen molar-refractivity contribution in [2.75, 3.05) is 0 Å². The molecule has 3 heterocycles. The first-order chi connectivity index (χ1) is 11.6. The van der Waals surface area contributed by atoms with Gasteiger partial charge in [0, 0.05) is 21.8 Å². The number of fused-ring (bicyclic) bond motifs is 2. The molecule has 0 spiro atoms. The Morgan fingerprint density at radius 1 is 1.38 bits per heavy atom. The first-order valence-corrected chi connectivity index (χ1v) is 8.30. The normalized spacial score (nSPS) is 18.1. The van der Waals surface area contributed by atoms with Crippen LogP contribution in [0.1, 0.15) is 21.8 Å². The highest BCUT2D eigenvalue weighted by Crippen LogP contribution is 2.35. The summed E-state index contributed by atoms with van der Waals surface area (Å²) in [4.78, 5) is 29.5. The van der Waals surface area contributed by atoms with Gasteiger partial charge in [-0.3, -0.25) is 9.59 Å². The van der Waals surface area contributed by atoms with Gasteiger partial charge in [0.1, 0.15) is 11.5 Å². The number of nitrogens with zero attached hydrogens (tertiary/aromatic N) is 2. The number of amides is 2. The lowest BCUT2D eigenvalue weighted by molar-refractivity contribution is -0.119. The summed E-state index contributed by atoms with van der Waals surface area (Å²) in [7, 11) is 0. The van der Waals surface area contributed by atoms with Gasteiger partial charge in [-0.05, 0) is 24.5 Å². The van der Waals surface area contributed by atoms with Gasteiger partial charge >= 0.3 is 0 Å². The summed E-state index contributed by atoms with van der Waals surface area (Å²) in [5.41, 5.74) is 1.12. The molecule has 1 N–H and O–H groups in total. The molecule has 24 heavy (non-hydrogen) atoms. The number of benzene rings is 1. The minimum absolute atomic E-state index is 0.186. The molecule has 1 aromatic carbocycles. The van der Waals surface area contributed by atoms with Gasteiger partial charge in [0.25, 0.3) is 11.8 Å². The van der Waals surface area contributed by atoms with Crippen LogP contribution in [0.15, 0.2) is 45.3 Å². The summed E-state index contributed by atoms with van der Waals surface area (Å²) in [6, 6.07) is 7.01. The second-order valence-corrected chi connectivity index (χ2v) is 6.53. The largest absolute Gasteiger partial charge is 0.361 e. The van der Waals surface area contributed by atoms with Crippen LogP contribution < -0.4 is 15.9 Å². The summed E-state index contributed by atoms with van der Waals surface area (Å²) >= 11 is 1.53. The Balaban J connectivity index is 1.61. The topological polar surface area (TPSA) is 84.6 Å². The Kier molecular flexibility index (Phi) is 3.57. The van der Waals surface area contributed by atoms with Gasteiger partial charge in [-0.25, -0.2) is 4.99 Å². The molecule has 0 bridgehead atoms. The van der Waals surface area contributed by atoms with Crippen LogP contribution in [0.25, 0.3) is 4.91 Å². The summed E-state index contributed by atoms with van der Waals surface area (Å²) in [6.45, 7) is 2.07. The molecule has 1 atom stereocenters. The number of rotatable bonds is 3. The molecule has 2 amide bonds. The number of aryl methyl sites for hydroxylation is 1. The van der Waals surface area contributed by atoms with E-state index >= 15 is 0 Å². The molecule has 1 unspecified atom stereocenters. The van der Waals surface area contributed by atoms with Crippen LogP contribution in [0.4, 0.5) is 0 Å². The van der Waals surface area contributed by atoms with E-state index in [2.05, 4.69) is 15.5 Å². The molecule has 0 aliphatic carbocycles. The molecule has 2 aromatic rings. The summed E-state index contributed by atoms with van der Waals surface area (Å²) in [5, 5.41) is 9.98. The van der Waals surface area contributed by atoms with Crippen LogP contribution in [-0.4, -0.2) is 17.0 Å². The predicted octanol–water partition coefficient (Wildman–Crippen LogP) is 1.06. The molecule has 0 radical (unpaired) electrons. The number of carbonyl (C=O) groups is 2. The van der Waals surface area contributed by atoms with Gasteiger partial charge in [0.15, 0.2) is 0 Å². The van der Waals surface area contributed by atoms with Gasteiger partial charge in [-0.1, -0.05) is 17.3 Å². The van der Waals surface area contributed by atoms with E-state index in [1.165, 1.54) is 11.8 Å². The van der Waals surface area contributed by atoms with E-state index in [1.54, 1.807) is 25.1 Å². The maximum Gasteiger partial charge on any atom is 0.258 e. The van der Waals surface area contributed by atoms with Crippen molar-refractivity contribution in [1.29, 1.82) is 0 Å². The van der Waals surface area contributed by atoms with E-state index in [0.717, 1.165) is 10.1 Å². The molecule has 120 valence electrons. The molecule has 2 aliphatic rings. The van der Waals surface area contributed by atoms with Gasteiger partial charge < -0.3 is 9.84 Å². The molecular formula is C17H13N3O3S. The lowest BCUT2D eigenvalue weighted by Crippen LogP contribution is -2.36. The zero-order valence-corrected chi connectivity index (χ0v) is 13.6. The van der Waals surface area contributed by atoms with E-state index in [9.17, 15) is 9.59 Å². The molecule has 7 heteroatoms. The third kappa shape index (κ3) is 2.56. The number of hydrogen-bond acceptors (Lipinski definition) is 5. The number of aromatic nitrogens is 1. The molecule has 0 fully saturated rings. The molecule has 6 nitrogen and oxygen atoms in total. The zero-order chi connectivity index (χ0) is 16.7. The van der Waals surface area contributed by atoms with E-state index in [-0.39, 0.29) is 24.3 Å². The van der Waals surface area contributed by atoms with E-state index in [4.69, 9.17) is 4.52 Å². The average molecular weight is 339 g/mol. The summed E-state index contributed by atoms with van der Waals surface area (Å²) in [5.74, 6) is -0.00279. The molecule has 4 rings (SSSR count). The predicted molar refractivity (Wildman–Crippen MR) is 88.3 cm³/mol. The lowest BCUT2D eigenvalue weighted by atomic mass is 10.0. The molecule has 0 saturated carbocycles. The molecule has 0 saturated heterocycles. The first-order valence-electron chi connectivity index (χ1n) is 7.42. The monoisotopic (exact) mass is 339 g/mol. The minimum Gasteiger partial charge on any atom is -0.361 e. The molecule has 1 aromatic heterocycles. The lowest BCUT2D eigenvalue weighted by Gasteiger charge is -2.11. The quantitative estimate of drug-likeness (QED) is 0.904. The highest BCUT2D eigenvalue weighted by atomic mass is 32.2. The highest BCUT2D eigenvalue weighted by molar-refractivity contribution is 8.10. The number of nitrogens with one attached hydrogen (secondary N) is 1. The molecular weight excluding hydrogens is 326 g/mol. The van der Waals surface area contributed by atoms with Gasteiger partial charge in [0.2, 0.25) is 0 Å². The summed E-state index contributed by atoms with van der Waals surface area (Å²) < 4.78 is 4.96. The van der Waals surface area contributed by atoms with Crippen LogP contribution in [0, 0.1) is 12.8 Å². The van der Waals surface area contributed by atoms with Crippen LogP contribution in [-0.2, 0) is 11.3 Å². The van der Waals surface area contributed by atoms with Crippen LogP contribution in [0.3, 0.4) is 0 Å². The zero-order valence-electron chi connectivity index (χ0n) is 12.8. The highest BCUT2D eigenvalue weighted by Gasteiger charge is 2.27. The van der Waals surface area contributed by atoms with Crippen LogP contribution >= 0.6 is 11.8 Å². The standard InChI is InChI=1S/C17H13N3O3S/c1-9-6-11(20-23-9)8-18-16(21)10-2-3-12-14(7-10)19-17(22)13-4-5-24-15(12)13/h2-7,13H,8H2,1H3,(H,18,21). The van der Waals surface area contributed by atoms with Crippen molar-refractivity contribution in [2.24, 2.45) is 10.9 Å². The van der Waals surface area contributed by atoms with E-state index in [1.807, 2.05) is 17.6 Å². The third-order valence-electron chi connectivity index (χ3n) is 3.88. The Morgan fingerprint density at radius 3 is 3.04 bits per heavy atom.